The van der Waals surface area contributed by atoms with Crippen LogP contribution >= 0.6 is 0 Å². The van der Waals surface area contributed by atoms with Crippen LogP contribution in [0.15, 0.2) is 0 Å². The van der Waals surface area contributed by atoms with Crippen LogP contribution in [0, 0.1) is 5.92 Å². The lowest BCUT2D eigenvalue weighted by atomic mass is 10.0. The van der Waals surface area contributed by atoms with Gasteiger partial charge in [-0.15, -0.1) is 0 Å². The number of carbonyl (C=O) groups is 2. The van der Waals surface area contributed by atoms with E-state index in [0.29, 0.717) is 32.0 Å². The summed E-state index contributed by atoms with van der Waals surface area (Å²) in [4.78, 5) is 27.6. The molecule has 21 heavy (non-hydrogen) atoms. The van der Waals surface area contributed by atoms with Gasteiger partial charge >= 0.3 is 6.03 Å². The molecule has 1 aliphatic rings. The van der Waals surface area contributed by atoms with Crippen LogP contribution < -0.4 is 11.1 Å². The molecule has 122 valence electrons. The molecule has 0 aromatic rings. The molecule has 1 heterocycles. The van der Waals surface area contributed by atoms with Crippen LogP contribution in [0.4, 0.5) is 4.79 Å². The highest BCUT2D eigenvalue weighted by Gasteiger charge is 2.27. The van der Waals surface area contributed by atoms with E-state index in [2.05, 4.69) is 10.2 Å². The first-order chi connectivity index (χ1) is 9.93. The minimum absolute atomic E-state index is 0.0617. The van der Waals surface area contributed by atoms with Crippen LogP contribution in [-0.4, -0.2) is 72.2 Å². The molecule has 1 atom stereocenters. The fourth-order valence-electron chi connectivity index (χ4n) is 2.64. The maximum atomic E-state index is 12.6. The van der Waals surface area contributed by atoms with Gasteiger partial charge < -0.3 is 21.1 Å². The van der Waals surface area contributed by atoms with Crippen LogP contribution in [0.2, 0.25) is 0 Å². The molecule has 0 radical (unpaired) electrons. The van der Waals surface area contributed by atoms with Gasteiger partial charge in [0.15, 0.2) is 0 Å². The Morgan fingerprint density at radius 1 is 1.24 bits per heavy atom. The number of primary amides is 1. The van der Waals surface area contributed by atoms with Crippen molar-refractivity contribution in [3.63, 3.8) is 0 Å². The number of carbonyl (C=O) groups excluding carboxylic acids is 2. The van der Waals surface area contributed by atoms with Gasteiger partial charge in [0.1, 0.15) is 6.04 Å². The molecule has 0 aromatic carbocycles. The van der Waals surface area contributed by atoms with Gasteiger partial charge in [-0.25, -0.2) is 4.79 Å². The van der Waals surface area contributed by atoms with Gasteiger partial charge in [-0.05, 0) is 25.3 Å². The van der Waals surface area contributed by atoms with E-state index in [1.165, 1.54) is 0 Å². The first-order valence-corrected chi connectivity index (χ1v) is 7.62. The maximum absolute atomic E-state index is 12.6. The Morgan fingerprint density at radius 2 is 1.95 bits per heavy atom. The number of β-amino-alcohol motifs (C(OH)–C–C–N with tert-alkyl or cyclic N) is 1. The summed E-state index contributed by atoms with van der Waals surface area (Å²) in [5.74, 6) is 0.233. The van der Waals surface area contributed by atoms with Crippen LogP contribution in [0.25, 0.3) is 0 Å². The summed E-state index contributed by atoms with van der Waals surface area (Å²) in [6.07, 6.45) is 1.45. The molecule has 4 N–H and O–H groups in total. The quantitative estimate of drug-likeness (QED) is 0.621. The van der Waals surface area contributed by atoms with Gasteiger partial charge in [0.05, 0.1) is 6.61 Å². The molecule has 0 aliphatic carbocycles. The molecular formula is C14H28N4O3. The Bertz CT molecular complexity index is 349. The van der Waals surface area contributed by atoms with E-state index in [1.807, 2.05) is 13.8 Å². The van der Waals surface area contributed by atoms with Crippen molar-refractivity contribution in [1.82, 2.24) is 15.1 Å². The number of aliphatic hydroxyl groups is 1. The smallest absolute Gasteiger partial charge is 0.312 e. The monoisotopic (exact) mass is 300 g/mol. The number of aliphatic hydroxyl groups excluding tert-OH is 1. The van der Waals surface area contributed by atoms with E-state index in [-0.39, 0.29) is 12.5 Å². The van der Waals surface area contributed by atoms with Crippen LogP contribution in [0.5, 0.6) is 0 Å². The summed E-state index contributed by atoms with van der Waals surface area (Å²) in [6.45, 7) is 7.70. The molecular weight excluding hydrogens is 272 g/mol. The molecule has 1 fully saturated rings. The number of nitrogens with one attached hydrogen (secondary N) is 1. The third kappa shape index (κ3) is 6.31. The second-order valence-corrected chi connectivity index (χ2v) is 5.93. The number of nitrogens with two attached hydrogens (primary N) is 1. The Labute approximate surface area is 126 Å². The molecule has 0 aromatic heterocycles. The Kier molecular flexibility index (Phi) is 7.45. The second kappa shape index (κ2) is 8.84. The molecule has 1 aliphatic heterocycles. The summed E-state index contributed by atoms with van der Waals surface area (Å²) >= 11 is 0. The van der Waals surface area contributed by atoms with E-state index in [4.69, 9.17) is 10.8 Å². The molecule has 1 rings (SSSR count). The van der Waals surface area contributed by atoms with Crippen LogP contribution in [0.3, 0.4) is 0 Å². The minimum atomic E-state index is -0.661. The Balaban J connectivity index is 2.62. The lowest BCUT2D eigenvalue weighted by Gasteiger charge is -2.27. The second-order valence-electron chi connectivity index (χ2n) is 5.93. The maximum Gasteiger partial charge on any atom is 0.312 e. The van der Waals surface area contributed by atoms with Crippen LogP contribution in [0.1, 0.15) is 26.7 Å². The minimum Gasteiger partial charge on any atom is -0.395 e. The van der Waals surface area contributed by atoms with Crippen molar-refractivity contribution < 1.29 is 14.7 Å². The molecule has 1 saturated heterocycles. The van der Waals surface area contributed by atoms with Gasteiger partial charge in [-0.1, -0.05) is 13.8 Å². The van der Waals surface area contributed by atoms with E-state index < -0.39 is 12.1 Å². The predicted molar refractivity (Wildman–Crippen MR) is 80.7 cm³/mol. The van der Waals surface area contributed by atoms with Gasteiger partial charge in [0.25, 0.3) is 0 Å². The van der Waals surface area contributed by atoms with Crippen molar-refractivity contribution >= 4 is 11.9 Å². The summed E-state index contributed by atoms with van der Waals surface area (Å²) in [5.41, 5.74) is 5.17. The Hall–Kier alpha value is -1.34. The van der Waals surface area contributed by atoms with E-state index in [0.717, 1.165) is 19.5 Å². The summed E-state index contributed by atoms with van der Waals surface area (Å²) < 4.78 is 0. The standard InChI is InChI=1S/C14H28N4O3/c1-11(2)10-12(16-14(15)21)13(20)18-5-3-4-17(6-7-18)8-9-19/h11-12,19H,3-10H2,1-2H3,(H3,15,16,21). The fraction of sp³-hybridized carbons (Fsp3) is 0.857. The van der Waals surface area contributed by atoms with Crippen molar-refractivity contribution in [1.29, 1.82) is 0 Å². The predicted octanol–water partition coefficient (Wildman–Crippen LogP) is -0.404. The molecule has 0 bridgehead atoms. The van der Waals surface area contributed by atoms with Crippen molar-refractivity contribution in [2.24, 2.45) is 11.7 Å². The van der Waals surface area contributed by atoms with Crippen molar-refractivity contribution in [2.45, 2.75) is 32.7 Å². The average molecular weight is 300 g/mol. The fourth-order valence-corrected chi connectivity index (χ4v) is 2.64. The number of rotatable bonds is 6. The number of hydrogen-bond donors (Lipinski definition) is 3. The number of urea groups is 1. The molecule has 1 unspecified atom stereocenters. The summed E-state index contributed by atoms with van der Waals surface area (Å²) in [6, 6.07) is -1.21. The van der Waals surface area contributed by atoms with Gasteiger partial charge in [0.2, 0.25) is 5.91 Å². The van der Waals surface area contributed by atoms with E-state index in [1.54, 1.807) is 4.90 Å². The molecule has 0 spiro atoms. The summed E-state index contributed by atoms with van der Waals surface area (Å²) in [5, 5.41) is 11.5. The van der Waals surface area contributed by atoms with E-state index >= 15 is 0 Å². The molecule has 7 heteroatoms. The lowest BCUT2D eigenvalue weighted by Crippen LogP contribution is -2.51. The molecule has 0 saturated carbocycles. The molecule has 3 amide bonds. The zero-order valence-electron chi connectivity index (χ0n) is 13.0. The topological polar surface area (TPSA) is 98.9 Å². The van der Waals surface area contributed by atoms with Gasteiger partial charge in [-0.3, -0.25) is 9.69 Å². The zero-order chi connectivity index (χ0) is 15.8. The van der Waals surface area contributed by atoms with Gasteiger partial charge in [0, 0.05) is 26.2 Å². The first kappa shape index (κ1) is 17.7. The lowest BCUT2D eigenvalue weighted by molar-refractivity contribution is -0.133. The average Bonchev–Trinajstić information content (AvgIpc) is 2.62. The summed E-state index contributed by atoms with van der Waals surface area (Å²) in [7, 11) is 0. The SMILES string of the molecule is CC(C)CC(NC(N)=O)C(=O)N1CCCN(CCO)CC1. The van der Waals surface area contributed by atoms with Crippen LogP contribution in [-0.2, 0) is 4.79 Å². The first-order valence-electron chi connectivity index (χ1n) is 7.62. The van der Waals surface area contributed by atoms with Gasteiger partial charge in [-0.2, -0.15) is 0 Å². The van der Waals surface area contributed by atoms with E-state index in [9.17, 15) is 9.59 Å². The van der Waals surface area contributed by atoms with Crippen molar-refractivity contribution in [3.05, 3.63) is 0 Å². The Morgan fingerprint density at radius 3 is 2.52 bits per heavy atom. The highest BCUT2D eigenvalue weighted by molar-refractivity contribution is 5.86. The third-order valence-corrected chi connectivity index (χ3v) is 3.64. The highest BCUT2D eigenvalue weighted by atomic mass is 16.3. The van der Waals surface area contributed by atoms with Crippen molar-refractivity contribution in [3.8, 4) is 0 Å². The third-order valence-electron chi connectivity index (χ3n) is 3.64. The zero-order valence-corrected chi connectivity index (χ0v) is 13.0. The largest absolute Gasteiger partial charge is 0.395 e. The van der Waals surface area contributed by atoms with Crippen molar-refractivity contribution in [2.75, 3.05) is 39.3 Å². The number of hydrogen-bond acceptors (Lipinski definition) is 4. The molecule has 7 nitrogen and oxygen atoms in total. The number of nitrogens with zero attached hydrogens (tertiary/aromatic N) is 2. The number of amides is 3. The normalized spacial score (nSPS) is 18.4. The highest BCUT2D eigenvalue weighted by Crippen LogP contribution is 2.10.